The number of rotatable bonds is 4. The van der Waals surface area contributed by atoms with Gasteiger partial charge in [0.05, 0.1) is 6.54 Å². The van der Waals surface area contributed by atoms with E-state index in [4.69, 9.17) is 0 Å². The molecule has 0 amide bonds. The molecule has 2 aromatic heterocycles. The van der Waals surface area contributed by atoms with E-state index in [0.717, 1.165) is 35.2 Å². The van der Waals surface area contributed by atoms with Gasteiger partial charge in [-0.1, -0.05) is 41.7 Å². The van der Waals surface area contributed by atoms with Gasteiger partial charge >= 0.3 is 11.1 Å². The highest BCUT2D eigenvalue weighted by Crippen LogP contribution is 2.55. The van der Waals surface area contributed by atoms with E-state index in [2.05, 4.69) is 10.2 Å². The molecule has 0 spiro atoms. The molecule has 0 N–H and O–H groups in total. The average molecular weight is 366 g/mol. The first-order chi connectivity index (χ1) is 12.7. The van der Waals surface area contributed by atoms with Crippen LogP contribution in [0.15, 0.2) is 52.3 Å². The summed E-state index contributed by atoms with van der Waals surface area (Å²) in [5.74, 6) is 1.54. The maximum Gasteiger partial charge on any atom is 0.316 e. The van der Waals surface area contributed by atoms with Crippen molar-refractivity contribution in [1.29, 1.82) is 0 Å². The van der Waals surface area contributed by atoms with Crippen molar-refractivity contribution in [3.05, 3.63) is 68.4 Å². The zero-order valence-electron chi connectivity index (χ0n) is 14.1. The van der Waals surface area contributed by atoms with Crippen LogP contribution < -0.4 is 11.1 Å². The maximum atomic E-state index is 12.5. The zero-order chi connectivity index (χ0) is 17.7. The van der Waals surface area contributed by atoms with E-state index in [0.29, 0.717) is 5.01 Å². The zero-order valence-corrected chi connectivity index (χ0v) is 14.9. The van der Waals surface area contributed by atoms with Gasteiger partial charge in [-0.3, -0.25) is 9.59 Å². The SMILES string of the molecule is O=c1c(=O)n(C2C[C@@H]3C[C@@H]3C2)ccn1Cc1nnc(-c2ccccc2)s1. The molecule has 2 aliphatic carbocycles. The number of hydrogen-bond acceptors (Lipinski definition) is 5. The summed E-state index contributed by atoms with van der Waals surface area (Å²) in [7, 11) is 0. The van der Waals surface area contributed by atoms with E-state index in [1.165, 1.54) is 22.3 Å². The molecule has 2 aliphatic rings. The Bertz CT molecular complexity index is 1060. The second-order valence-corrected chi connectivity index (χ2v) is 8.25. The van der Waals surface area contributed by atoms with Gasteiger partial charge in [-0.05, 0) is 31.1 Å². The van der Waals surface area contributed by atoms with Crippen LogP contribution in [-0.2, 0) is 6.54 Å². The Morgan fingerprint density at radius 3 is 2.50 bits per heavy atom. The first-order valence-corrected chi connectivity index (χ1v) is 9.70. The van der Waals surface area contributed by atoms with E-state index in [1.54, 1.807) is 17.0 Å². The first-order valence-electron chi connectivity index (χ1n) is 8.88. The summed E-state index contributed by atoms with van der Waals surface area (Å²) in [6, 6.07) is 10.0. The third kappa shape index (κ3) is 2.72. The number of aromatic nitrogens is 4. The van der Waals surface area contributed by atoms with Crippen molar-refractivity contribution in [3.63, 3.8) is 0 Å². The highest BCUT2D eigenvalue weighted by atomic mass is 32.1. The van der Waals surface area contributed by atoms with Crippen LogP contribution in [0.5, 0.6) is 0 Å². The highest BCUT2D eigenvalue weighted by Gasteiger charge is 2.46. The van der Waals surface area contributed by atoms with Crippen LogP contribution in [0.2, 0.25) is 0 Å². The summed E-state index contributed by atoms with van der Waals surface area (Å²) in [5.41, 5.74) is 0.0925. The molecular formula is C19H18N4O2S. The van der Waals surface area contributed by atoms with Gasteiger partial charge in [0.1, 0.15) is 10.0 Å². The first kappa shape index (κ1) is 15.7. The highest BCUT2D eigenvalue weighted by molar-refractivity contribution is 7.14. The molecule has 2 saturated carbocycles. The molecule has 3 atom stereocenters. The Morgan fingerprint density at radius 1 is 0.962 bits per heavy atom. The van der Waals surface area contributed by atoms with E-state index in [1.807, 2.05) is 30.3 Å². The van der Waals surface area contributed by atoms with Gasteiger partial charge < -0.3 is 9.13 Å². The van der Waals surface area contributed by atoms with E-state index in [9.17, 15) is 9.59 Å². The average Bonchev–Trinajstić information content (AvgIpc) is 3.06. The molecule has 6 nitrogen and oxygen atoms in total. The molecule has 132 valence electrons. The Kier molecular flexibility index (Phi) is 3.63. The van der Waals surface area contributed by atoms with Crippen molar-refractivity contribution in [1.82, 2.24) is 19.3 Å². The van der Waals surface area contributed by atoms with E-state index >= 15 is 0 Å². The van der Waals surface area contributed by atoms with Gasteiger partial charge in [0.15, 0.2) is 0 Å². The minimum Gasteiger partial charge on any atom is -0.306 e. The standard InChI is InChI=1S/C19H18N4O2S/c24-18-19(25)23(15-9-13-8-14(13)10-15)7-6-22(18)11-16-20-21-17(26-16)12-4-2-1-3-5-12/h1-7,13-15H,8-11H2/t13-,14+,15?. The van der Waals surface area contributed by atoms with E-state index in [-0.39, 0.29) is 12.6 Å². The van der Waals surface area contributed by atoms with Crippen LogP contribution in [0.1, 0.15) is 30.3 Å². The Hall–Kier alpha value is -2.54. The van der Waals surface area contributed by atoms with Crippen LogP contribution in [0.25, 0.3) is 10.6 Å². The second kappa shape index (κ2) is 6.02. The molecule has 26 heavy (non-hydrogen) atoms. The lowest BCUT2D eigenvalue weighted by Crippen LogP contribution is -2.41. The molecule has 2 heterocycles. The molecule has 0 saturated heterocycles. The van der Waals surface area contributed by atoms with Gasteiger partial charge in [-0.15, -0.1) is 10.2 Å². The smallest absolute Gasteiger partial charge is 0.306 e. The topological polar surface area (TPSA) is 69.8 Å². The fourth-order valence-corrected chi connectivity index (χ4v) is 4.85. The lowest BCUT2D eigenvalue weighted by Gasteiger charge is -2.15. The minimum atomic E-state index is -0.482. The quantitative estimate of drug-likeness (QED) is 0.666. The Morgan fingerprint density at radius 2 is 1.73 bits per heavy atom. The Balaban J connectivity index is 1.39. The lowest BCUT2D eigenvalue weighted by atomic mass is 10.1. The number of benzene rings is 1. The molecule has 0 radical (unpaired) electrons. The normalized spacial score (nSPS) is 23.8. The summed E-state index contributed by atoms with van der Waals surface area (Å²) in [6.07, 6.45) is 6.83. The molecule has 0 aliphatic heterocycles. The second-order valence-electron chi connectivity index (χ2n) is 7.19. The van der Waals surface area contributed by atoms with Gasteiger partial charge in [0.25, 0.3) is 0 Å². The molecule has 1 aromatic carbocycles. The molecular weight excluding hydrogens is 348 g/mol. The van der Waals surface area contributed by atoms with Crippen LogP contribution in [0.3, 0.4) is 0 Å². The summed E-state index contributed by atoms with van der Waals surface area (Å²) in [5, 5.41) is 9.90. The van der Waals surface area contributed by atoms with Crippen molar-refractivity contribution >= 4 is 11.3 Å². The minimum absolute atomic E-state index is 0.194. The maximum absolute atomic E-state index is 12.5. The largest absolute Gasteiger partial charge is 0.316 e. The van der Waals surface area contributed by atoms with Gasteiger partial charge in [0, 0.05) is 24.0 Å². The van der Waals surface area contributed by atoms with Crippen molar-refractivity contribution < 1.29 is 0 Å². The van der Waals surface area contributed by atoms with Gasteiger partial charge in [-0.2, -0.15) is 0 Å². The number of hydrogen-bond donors (Lipinski definition) is 0. The lowest BCUT2D eigenvalue weighted by molar-refractivity contribution is 0.445. The summed E-state index contributed by atoms with van der Waals surface area (Å²) >= 11 is 1.44. The van der Waals surface area contributed by atoms with Crippen molar-refractivity contribution in [3.8, 4) is 10.6 Å². The van der Waals surface area contributed by atoms with Crippen LogP contribution in [0.4, 0.5) is 0 Å². The molecule has 1 unspecified atom stereocenters. The Labute approximate surface area is 153 Å². The number of nitrogens with zero attached hydrogens (tertiary/aromatic N) is 4. The van der Waals surface area contributed by atoms with Crippen LogP contribution >= 0.6 is 11.3 Å². The van der Waals surface area contributed by atoms with E-state index < -0.39 is 11.1 Å². The van der Waals surface area contributed by atoms with Crippen LogP contribution in [-0.4, -0.2) is 19.3 Å². The summed E-state index contributed by atoms with van der Waals surface area (Å²) in [4.78, 5) is 25.0. The molecule has 3 aromatic rings. The number of fused-ring (bicyclic) bond motifs is 1. The summed E-state index contributed by atoms with van der Waals surface area (Å²) in [6.45, 7) is 0.273. The van der Waals surface area contributed by atoms with Gasteiger partial charge in [0.2, 0.25) is 0 Å². The predicted molar refractivity (Wildman–Crippen MR) is 99.3 cm³/mol. The van der Waals surface area contributed by atoms with Gasteiger partial charge in [-0.25, -0.2) is 0 Å². The van der Waals surface area contributed by atoms with Crippen molar-refractivity contribution in [2.45, 2.75) is 31.8 Å². The monoisotopic (exact) mass is 366 g/mol. The fourth-order valence-electron chi connectivity index (χ4n) is 4.00. The fraction of sp³-hybridized carbons (Fsp3) is 0.368. The van der Waals surface area contributed by atoms with Crippen LogP contribution in [0, 0.1) is 11.8 Å². The molecule has 0 bridgehead atoms. The van der Waals surface area contributed by atoms with Crippen molar-refractivity contribution in [2.24, 2.45) is 11.8 Å². The third-order valence-corrected chi connectivity index (χ3v) is 6.45. The summed E-state index contributed by atoms with van der Waals surface area (Å²) < 4.78 is 3.07. The van der Waals surface area contributed by atoms with Crippen molar-refractivity contribution in [2.75, 3.05) is 0 Å². The molecule has 2 fully saturated rings. The third-order valence-electron chi connectivity index (χ3n) is 5.49. The molecule has 5 rings (SSSR count). The predicted octanol–water partition coefficient (Wildman–Crippen LogP) is 2.55. The molecule has 7 heteroatoms.